The van der Waals surface area contributed by atoms with Crippen LogP contribution in [0.25, 0.3) is 0 Å². The van der Waals surface area contributed by atoms with Gasteiger partial charge in [-0.1, -0.05) is 18.2 Å². The number of methoxy groups -OCH3 is 1. The van der Waals surface area contributed by atoms with E-state index in [2.05, 4.69) is 34.5 Å². The lowest BCUT2D eigenvalue weighted by atomic mass is 10.2. The van der Waals surface area contributed by atoms with Crippen LogP contribution < -0.4 is 10.2 Å². The number of hydrogen-bond acceptors (Lipinski definition) is 2. The van der Waals surface area contributed by atoms with Crippen molar-refractivity contribution in [3.63, 3.8) is 0 Å². The molecule has 2 rings (SSSR count). The second-order valence-corrected chi connectivity index (χ2v) is 4.50. The number of ether oxygens (including phenoxy) is 1. The summed E-state index contributed by atoms with van der Waals surface area (Å²) in [6, 6.07) is 8.44. The molecule has 1 heterocycles. The summed E-state index contributed by atoms with van der Waals surface area (Å²) in [4.78, 5) is 2.18. The standard InChI is InChI=1S/C13H18N2OS/c1-16-10-4-8-14-13(17)15-9-7-11-5-2-3-6-12(11)15/h2-3,5-6H,4,7-10H2,1H3,(H,14,17). The third kappa shape index (κ3) is 2.96. The van der Waals surface area contributed by atoms with Crippen LogP contribution in [0.2, 0.25) is 0 Å². The Morgan fingerprint density at radius 1 is 1.47 bits per heavy atom. The molecule has 1 aliphatic rings. The van der Waals surface area contributed by atoms with Gasteiger partial charge in [0.1, 0.15) is 0 Å². The van der Waals surface area contributed by atoms with Crippen LogP contribution in [0, 0.1) is 0 Å². The molecule has 4 heteroatoms. The Morgan fingerprint density at radius 3 is 3.12 bits per heavy atom. The quantitative estimate of drug-likeness (QED) is 0.652. The molecule has 3 nitrogen and oxygen atoms in total. The predicted molar refractivity (Wildman–Crippen MR) is 74.6 cm³/mol. The van der Waals surface area contributed by atoms with E-state index in [9.17, 15) is 0 Å². The van der Waals surface area contributed by atoms with E-state index >= 15 is 0 Å². The highest BCUT2D eigenvalue weighted by atomic mass is 32.1. The molecule has 0 radical (unpaired) electrons. The van der Waals surface area contributed by atoms with Crippen LogP contribution in [-0.2, 0) is 11.2 Å². The summed E-state index contributed by atoms with van der Waals surface area (Å²) in [6.07, 6.45) is 2.06. The lowest BCUT2D eigenvalue weighted by Gasteiger charge is -2.21. The monoisotopic (exact) mass is 250 g/mol. The van der Waals surface area contributed by atoms with Crippen molar-refractivity contribution in [3.05, 3.63) is 29.8 Å². The van der Waals surface area contributed by atoms with Crippen molar-refractivity contribution in [1.29, 1.82) is 0 Å². The van der Waals surface area contributed by atoms with Gasteiger partial charge in [-0.2, -0.15) is 0 Å². The molecule has 0 bridgehead atoms. The van der Waals surface area contributed by atoms with Gasteiger partial charge in [-0.25, -0.2) is 0 Å². The zero-order chi connectivity index (χ0) is 12.1. The number of hydrogen-bond donors (Lipinski definition) is 1. The highest BCUT2D eigenvalue weighted by Crippen LogP contribution is 2.27. The van der Waals surface area contributed by atoms with Crippen LogP contribution >= 0.6 is 12.2 Å². The highest BCUT2D eigenvalue weighted by molar-refractivity contribution is 7.80. The second-order valence-electron chi connectivity index (χ2n) is 4.11. The molecular formula is C13H18N2OS. The molecule has 0 fully saturated rings. The average Bonchev–Trinajstić information content (AvgIpc) is 2.78. The summed E-state index contributed by atoms with van der Waals surface area (Å²) < 4.78 is 5.01. The number of thiocarbonyl (C=S) groups is 1. The SMILES string of the molecule is COCCCNC(=S)N1CCc2ccccc21. The maximum Gasteiger partial charge on any atom is 0.173 e. The van der Waals surface area contributed by atoms with E-state index in [1.54, 1.807) is 7.11 Å². The lowest BCUT2D eigenvalue weighted by molar-refractivity contribution is 0.195. The molecule has 0 unspecified atom stereocenters. The van der Waals surface area contributed by atoms with Crippen molar-refractivity contribution in [3.8, 4) is 0 Å². The molecule has 0 atom stereocenters. The molecule has 0 saturated heterocycles. The average molecular weight is 250 g/mol. The molecule has 0 aromatic heterocycles. The molecule has 1 aromatic carbocycles. The van der Waals surface area contributed by atoms with E-state index in [1.165, 1.54) is 11.3 Å². The van der Waals surface area contributed by atoms with Gasteiger partial charge < -0.3 is 15.0 Å². The van der Waals surface area contributed by atoms with Crippen LogP contribution in [0.5, 0.6) is 0 Å². The largest absolute Gasteiger partial charge is 0.385 e. The van der Waals surface area contributed by atoms with Crippen molar-refractivity contribution in [1.82, 2.24) is 5.32 Å². The Kier molecular flexibility index (Phi) is 4.34. The molecule has 92 valence electrons. The van der Waals surface area contributed by atoms with Crippen molar-refractivity contribution in [2.75, 3.05) is 31.7 Å². The van der Waals surface area contributed by atoms with E-state index in [0.29, 0.717) is 0 Å². The number of para-hydroxylation sites is 1. The van der Waals surface area contributed by atoms with Crippen molar-refractivity contribution < 1.29 is 4.74 Å². The maximum absolute atomic E-state index is 5.41. The van der Waals surface area contributed by atoms with Crippen LogP contribution in [0.3, 0.4) is 0 Å². The fourth-order valence-electron chi connectivity index (χ4n) is 2.06. The Morgan fingerprint density at radius 2 is 2.29 bits per heavy atom. The van der Waals surface area contributed by atoms with Gasteiger partial charge in [-0.3, -0.25) is 0 Å². The molecule has 1 aliphatic heterocycles. The molecule has 0 aliphatic carbocycles. The number of nitrogens with zero attached hydrogens (tertiary/aromatic N) is 1. The van der Waals surface area contributed by atoms with Gasteiger partial charge in [0.2, 0.25) is 0 Å². The maximum atomic E-state index is 5.41. The number of rotatable bonds is 4. The van der Waals surface area contributed by atoms with Crippen LogP contribution in [0.1, 0.15) is 12.0 Å². The van der Waals surface area contributed by atoms with Gasteiger partial charge in [-0.15, -0.1) is 0 Å². The van der Waals surface area contributed by atoms with Gasteiger partial charge in [0, 0.05) is 32.5 Å². The van der Waals surface area contributed by atoms with Crippen molar-refractivity contribution >= 4 is 23.0 Å². The van der Waals surface area contributed by atoms with Crippen LogP contribution in [0.4, 0.5) is 5.69 Å². The Bertz CT molecular complexity index is 395. The molecule has 0 spiro atoms. The number of anilines is 1. The van der Waals surface area contributed by atoms with Gasteiger partial charge in [-0.05, 0) is 36.7 Å². The summed E-state index contributed by atoms with van der Waals surface area (Å²) in [5.74, 6) is 0. The van der Waals surface area contributed by atoms with E-state index in [4.69, 9.17) is 17.0 Å². The topological polar surface area (TPSA) is 24.5 Å². The Balaban J connectivity index is 1.89. The minimum Gasteiger partial charge on any atom is -0.385 e. The van der Waals surface area contributed by atoms with E-state index in [1.807, 2.05) is 0 Å². The summed E-state index contributed by atoms with van der Waals surface area (Å²) in [5, 5.41) is 4.10. The van der Waals surface area contributed by atoms with Gasteiger partial charge in [0.25, 0.3) is 0 Å². The first-order valence-corrected chi connectivity index (χ1v) is 6.36. The fraction of sp³-hybridized carbons (Fsp3) is 0.462. The third-order valence-electron chi connectivity index (χ3n) is 2.93. The Labute approximate surface area is 108 Å². The summed E-state index contributed by atoms with van der Waals surface area (Å²) in [7, 11) is 1.72. The van der Waals surface area contributed by atoms with E-state index in [-0.39, 0.29) is 0 Å². The van der Waals surface area contributed by atoms with Gasteiger partial charge >= 0.3 is 0 Å². The molecule has 1 aromatic rings. The number of nitrogens with one attached hydrogen (secondary N) is 1. The molecule has 1 N–H and O–H groups in total. The summed E-state index contributed by atoms with van der Waals surface area (Å²) >= 11 is 5.41. The van der Waals surface area contributed by atoms with Crippen LogP contribution in [-0.4, -0.2) is 31.9 Å². The van der Waals surface area contributed by atoms with Crippen molar-refractivity contribution in [2.24, 2.45) is 0 Å². The minimum atomic E-state index is 0.770. The molecule has 17 heavy (non-hydrogen) atoms. The first-order chi connectivity index (χ1) is 8.33. The summed E-state index contributed by atoms with van der Waals surface area (Å²) in [5.41, 5.74) is 2.63. The van der Waals surface area contributed by atoms with Crippen molar-refractivity contribution in [2.45, 2.75) is 12.8 Å². The molecule has 0 amide bonds. The minimum absolute atomic E-state index is 0.770. The zero-order valence-electron chi connectivity index (χ0n) is 10.1. The Hall–Kier alpha value is -1.13. The van der Waals surface area contributed by atoms with Crippen LogP contribution in [0.15, 0.2) is 24.3 Å². The highest BCUT2D eigenvalue weighted by Gasteiger charge is 2.20. The number of fused-ring (bicyclic) bond motifs is 1. The first kappa shape index (κ1) is 12.3. The predicted octanol–water partition coefficient (Wildman–Crippen LogP) is 1.96. The third-order valence-corrected chi connectivity index (χ3v) is 3.30. The normalized spacial score (nSPS) is 13.6. The second kappa shape index (κ2) is 5.98. The zero-order valence-corrected chi connectivity index (χ0v) is 10.9. The first-order valence-electron chi connectivity index (χ1n) is 5.95. The van der Waals surface area contributed by atoms with Gasteiger partial charge in [0.05, 0.1) is 0 Å². The molecular weight excluding hydrogens is 232 g/mol. The summed E-state index contributed by atoms with van der Waals surface area (Å²) in [6.45, 7) is 2.62. The number of benzene rings is 1. The molecule has 0 saturated carbocycles. The fourth-order valence-corrected chi connectivity index (χ4v) is 2.35. The lowest BCUT2D eigenvalue weighted by Crippen LogP contribution is -2.39. The smallest absolute Gasteiger partial charge is 0.173 e. The van der Waals surface area contributed by atoms with E-state index < -0.39 is 0 Å². The van der Waals surface area contributed by atoms with Gasteiger partial charge in [0.15, 0.2) is 5.11 Å². The van der Waals surface area contributed by atoms with E-state index in [0.717, 1.165) is 37.7 Å².